The Morgan fingerprint density at radius 3 is 2.24 bits per heavy atom. The van der Waals surface area contributed by atoms with Crippen molar-refractivity contribution < 1.29 is 46.6 Å². The van der Waals surface area contributed by atoms with E-state index in [1.807, 2.05) is 13.0 Å². The van der Waals surface area contributed by atoms with Crippen LogP contribution in [0.2, 0.25) is 0 Å². The molecule has 5 aromatic rings. The third-order valence-electron chi connectivity index (χ3n) is 12.1. The minimum absolute atomic E-state index is 0.0256. The molecule has 0 aliphatic carbocycles. The summed E-state index contributed by atoms with van der Waals surface area (Å²) in [6.45, 7) is 6.45. The molecule has 1 atom stereocenters. The van der Waals surface area contributed by atoms with E-state index in [1.165, 1.54) is 33.4 Å². The summed E-state index contributed by atoms with van der Waals surface area (Å²) in [6, 6.07) is 20.0. The van der Waals surface area contributed by atoms with Gasteiger partial charge in [-0.15, -0.1) is 0 Å². The number of fused-ring (bicyclic) bond motifs is 2. The van der Waals surface area contributed by atoms with Crippen molar-refractivity contribution in [3.8, 4) is 23.0 Å². The first kappa shape index (κ1) is 48.9. The molecule has 1 fully saturated rings. The molecule has 2 N–H and O–H groups in total. The van der Waals surface area contributed by atoms with E-state index in [1.54, 1.807) is 62.6 Å². The number of rotatable bonds is 23. The average molecular weight is 948 g/mol. The molecule has 1 saturated heterocycles. The van der Waals surface area contributed by atoms with E-state index in [0.717, 1.165) is 49.8 Å². The fraction of sp³-hybridized carbons (Fsp3) is 0.373. The van der Waals surface area contributed by atoms with Crippen molar-refractivity contribution in [2.24, 2.45) is 14.1 Å². The highest BCUT2D eigenvalue weighted by molar-refractivity contribution is 7.90. The average Bonchev–Trinajstić information content (AvgIpc) is 3.70. The summed E-state index contributed by atoms with van der Waals surface area (Å²) < 4.78 is 48.6. The van der Waals surface area contributed by atoms with Gasteiger partial charge in [-0.25, -0.2) is 13.2 Å². The number of sulfone groups is 1. The molecule has 1 aromatic heterocycles. The number of imide groups is 1. The van der Waals surface area contributed by atoms with E-state index in [2.05, 4.69) is 17.2 Å². The SMILES string of the molecule is C=C1CCC(N2C(=O)c3cccc(OCC(=O)CCCCCCCCCNC(=O)c4cccc(S(=O)(=O)Cc5cc6c(cc5Oc5cccc(OCCC)c5)n(C)c(=O)n6C)c4)c3C2=O)C(=O)N1. The maximum absolute atomic E-state index is 14.0. The van der Waals surface area contributed by atoms with Crippen molar-refractivity contribution in [3.05, 3.63) is 124 Å². The second kappa shape index (κ2) is 21.7. The lowest BCUT2D eigenvalue weighted by molar-refractivity contribution is -0.125. The first-order chi connectivity index (χ1) is 32.7. The number of hydrogen-bond acceptors (Lipinski definition) is 11. The number of unbranched alkanes of at least 4 members (excludes halogenated alkanes) is 6. The number of Topliss-reactive ketones (excluding diaryl/α,β-unsaturated/α-hetero) is 1. The van der Waals surface area contributed by atoms with Crippen LogP contribution in [0.5, 0.6) is 23.0 Å². The number of carbonyl (C=O) groups excluding carboxylic acids is 5. The smallest absolute Gasteiger partial charge is 0.328 e. The largest absolute Gasteiger partial charge is 0.493 e. The highest BCUT2D eigenvalue weighted by Crippen LogP contribution is 2.36. The minimum atomic E-state index is -4.00. The number of benzene rings is 4. The molecule has 0 spiro atoms. The van der Waals surface area contributed by atoms with Crippen molar-refractivity contribution in [3.63, 3.8) is 0 Å². The zero-order valence-corrected chi connectivity index (χ0v) is 39.5. The molecule has 16 nitrogen and oxygen atoms in total. The quantitative estimate of drug-likeness (QED) is 0.0491. The summed E-state index contributed by atoms with van der Waals surface area (Å²) in [5.74, 6) is -1.17. The highest BCUT2D eigenvalue weighted by atomic mass is 32.2. The molecule has 2 aliphatic heterocycles. The van der Waals surface area contributed by atoms with Crippen molar-refractivity contribution in [1.29, 1.82) is 0 Å². The number of ketones is 1. The van der Waals surface area contributed by atoms with Crippen LogP contribution in [-0.2, 0) is 39.3 Å². The number of carbonyl (C=O) groups is 5. The number of nitrogens with zero attached hydrogens (tertiary/aromatic N) is 3. The molecule has 358 valence electrons. The van der Waals surface area contributed by atoms with Gasteiger partial charge < -0.3 is 24.8 Å². The summed E-state index contributed by atoms with van der Waals surface area (Å²) in [5.41, 5.74) is 2.14. The summed E-state index contributed by atoms with van der Waals surface area (Å²) >= 11 is 0. The number of amides is 4. The van der Waals surface area contributed by atoms with Crippen molar-refractivity contribution in [1.82, 2.24) is 24.7 Å². The number of imidazole rings is 1. The minimum Gasteiger partial charge on any atom is -0.493 e. The van der Waals surface area contributed by atoms with Gasteiger partial charge in [0.05, 0.1) is 39.4 Å². The molecule has 0 bridgehead atoms. The second-order valence-corrected chi connectivity index (χ2v) is 19.2. The molecule has 4 amide bonds. The number of aromatic nitrogens is 2. The maximum Gasteiger partial charge on any atom is 0.328 e. The number of aryl methyl sites for hydroxylation is 2. The van der Waals surface area contributed by atoms with Crippen LogP contribution in [0.15, 0.2) is 101 Å². The summed E-state index contributed by atoms with van der Waals surface area (Å²) in [6.07, 6.45) is 7.81. The van der Waals surface area contributed by atoms with E-state index in [9.17, 15) is 37.2 Å². The Bertz CT molecular complexity index is 2940. The van der Waals surface area contributed by atoms with Gasteiger partial charge in [-0.05, 0) is 80.6 Å². The van der Waals surface area contributed by atoms with E-state index in [-0.39, 0.29) is 63.5 Å². The number of hydrogen-bond donors (Lipinski definition) is 2. The number of nitrogens with one attached hydrogen (secondary N) is 2. The van der Waals surface area contributed by atoms with Gasteiger partial charge in [-0.2, -0.15) is 0 Å². The molecule has 17 heteroatoms. The van der Waals surface area contributed by atoms with Gasteiger partial charge in [0.15, 0.2) is 15.6 Å². The predicted molar refractivity (Wildman–Crippen MR) is 255 cm³/mol. The van der Waals surface area contributed by atoms with E-state index in [4.69, 9.17) is 14.2 Å². The molecule has 4 aromatic carbocycles. The fourth-order valence-electron chi connectivity index (χ4n) is 8.42. The van der Waals surface area contributed by atoms with Crippen LogP contribution < -0.4 is 30.5 Å². The van der Waals surface area contributed by atoms with Gasteiger partial charge in [0.1, 0.15) is 35.6 Å². The standard InChI is InChI=1S/C51H57N5O11S/c1-5-26-65-37-18-14-19-38(29-37)67-45-30-43-42(54(3)51(62)55(43)4)28-35(45)32-68(63,64)39-20-13-16-34(27-39)47(58)52-25-12-10-8-6-7-9-11-17-36(57)31-66-44-22-15-21-40-46(44)50(61)56(49(40)60)41-24-23-33(2)53-48(41)59/h13-16,18-22,27-30,41H,2,5-12,17,23-26,31-32H2,1,3-4H3,(H,52,58)(H,53,59). The Balaban J connectivity index is 0.831. The van der Waals surface area contributed by atoms with E-state index < -0.39 is 39.4 Å². The highest BCUT2D eigenvalue weighted by Gasteiger charge is 2.45. The van der Waals surface area contributed by atoms with Gasteiger partial charge in [0, 0.05) is 56.0 Å². The number of ether oxygens (including phenoxy) is 3. The zero-order valence-electron chi connectivity index (χ0n) is 38.6. The molecule has 3 heterocycles. The van der Waals surface area contributed by atoms with Crippen molar-refractivity contribution in [2.75, 3.05) is 19.8 Å². The molecular weight excluding hydrogens is 891 g/mol. The Labute approximate surface area is 395 Å². The third kappa shape index (κ3) is 11.2. The molecule has 7 rings (SSSR count). The van der Waals surface area contributed by atoms with Crippen LogP contribution in [0, 0.1) is 0 Å². The lowest BCUT2D eigenvalue weighted by atomic mass is 10.0. The number of allylic oxidation sites excluding steroid dienone is 1. The summed E-state index contributed by atoms with van der Waals surface area (Å²) in [5, 5.41) is 5.51. The Morgan fingerprint density at radius 1 is 0.794 bits per heavy atom. The van der Waals surface area contributed by atoms with E-state index in [0.29, 0.717) is 66.2 Å². The van der Waals surface area contributed by atoms with Gasteiger partial charge in [-0.1, -0.05) is 63.8 Å². The van der Waals surface area contributed by atoms with Crippen LogP contribution >= 0.6 is 0 Å². The normalized spacial score (nSPS) is 14.8. The second-order valence-electron chi connectivity index (χ2n) is 17.2. The predicted octanol–water partition coefficient (Wildman–Crippen LogP) is 7.32. The monoisotopic (exact) mass is 947 g/mol. The van der Waals surface area contributed by atoms with Gasteiger partial charge in [0.25, 0.3) is 17.7 Å². The molecule has 1 unspecified atom stereocenters. The summed E-state index contributed by atoms with van der Waals surface area (Å²) in [7, 11) is -0.742. The Morgan fingerprint density at radius 2 is 1.49 bits per heavy atom. The lowest BCUT2D eigenvalue weighted by Crippen LogP contribution is -2.51. The van der Waals surface area contributed by atoms with Crippen LogP contribution in [0.4, 0.5) is 0 Å². The molecule has 68 heavy (non-hydrogen) atoms. The molecule has 2 aliphatic rings. The van der Waals surface area contributed by atoms with Crippen LogP contribution in [0.25, 0.3) is 11.0 Å². The Hall–Kier alpha value is -7.01. The molecule has 0 saturated carbocycles. The van der Waals surface area contributed by atoms with Crippen molar-refractivity contribution >= 4 is 50.3 Å². The molecular formula is C51H57N5O11S. The fourth-order valence-corrected chi connectivity index (χ4v) is 9.81. The van der Waals surface area contributed by atoms with Gasteiger partial charge in [-0.3, -0.25) is 38.0 Å². The van der Waals surface area contributed by atoms with Gasteiger partial charge in [0.2, 0.25) is 5.91 Å². The lowest BCUT2D eigenvalue weighted by Gasteiger charge is -2.29. The van der Waals surface area contributed by atoms with Gasteiger partial charge >= 0.3 is 5.69 Å². The van der Waals surface area contributed by atoms with Crippen molar-refractivity contribution in [2.45, 2.75) is 94.2 Å². The zero-order chi connectivity index (χ0) is 48.5. The molecule has 0 radical (unpaired) electrons. The third-order valence-corrected chi connectivity index (χ3v) is 13.8. The van der Waals surface area contributed by atoms with E-state index >= 15 is 0 Å². The first-order valence-corrected chi connectivity index (χ1v) is 24.7. The van der Waals surface area contributed by atoms with Crippen LogP contribution in [0.3, 0.4) is 0 Å². The first-order valence-electron chi connectivity index (χ1n) is 23.0. The Kier molecular flexibility index (Phi) is 15.6. The van der Waals surface area contributed by atoms with Crippen LogP contribution in [-0.4, -0.2) is 77.7 Å². The maximum atomic E-state index is 14.0. The number of piperidine rings is 1. The summed E-state index contributed by atoms with van der Waals surface area (Å²) in [4.78, 5) is 78.6. The van der Waals surface area contributed by atoms with Crippen LogP contribution in [0.1, 0.15) is 114 Å². The topological polar surface area (TPSA) is 201 Å².